The smallest absolute Gasteiger partial charge is 0.142 e. The van der Waals surface area contributed by atoms with Crippen LogP contribution in [0.4, 0.5) is 0 Å². The first-order valence-electron chi connectivity index (χ1n) is 5.64. The molecule has 0 fully saturated rings. The maximum absolute atomic E-state index is 8.71. The van der Waals surface area contributed by atoms with Gasteiger partial charge in [-0.15, -0.1) is 0 Å². The average molecular weight is 420 g/mol. The second-order valence-electron chi connectivity index (χ2n) is 3.97. The molecule has 0 unspecified atom stereocenters. The zero-order valence-corrected chi connectivity index (χ0v) is 14.1. The van der Waals surface area contributed by atoms with E-state index in [0.717, 1.165) is 14.5 Å². The number of hydrogen-bond donors (Lipinski definition) is 1. The van der Waals surface area contributed by atoms with E-state index >= 15 is 0 Å². The lowest BCUT2D eigenvalue weighted by Crippen LogP contribution is -1.99. The quantitative estimate of drug-likeness (QED) is 0.418. The van der Waals surface area contributed by atoms with E-state index < -0.39 is 0 Å². The first-order valence-corrected chi connectivity index (χ1v) is 7.60. The van der Waals surface area contributed by atoms with Gasteiger partial charge >= 0.3 is 0 Å². The van der Waals surface area contributed by atoms with Crippen LogP contribution < -0.4 is 4.74 Å². The van der Waals surface area contributed by atoms with Crippen molar-refractivity contribution in [2.45, 2.75) is 6.61 Å². The summed E-state index contributed by atoms with van der Waals surface area (Å²) in [4.78, 5) is 0. The lowest BCUT2D eigenvalue weighted by atomic mass is 10.2. The predicted octanol–water partition coefficient (Wildman–Crippen LogP) is 5.25. The van der Waals surface area contributed by atoms with Crippen molar-refractivity contribution in [3.05, 3.63) is 61.5 Å². The topological polar surface area (TPSA) is 41.8 Å². The molecule has 1 N–H and O–H groups in total. The number of rotatable bonds is 4. The van der Waals surface area contributed by atoms with Crippen LogP contribution in [0.15, 0.2) is 50.5 Å². The van der Waals surface area contributed by atoms with E-state index in [0.29, 0.717) is 22.9 Å². The number of oxime groups is 1. The Kier molecular flexibility index (Phi) is 5.46. The van der Waals surface area contributed by atoms with Gasteiger partial charge in [-0.25, -0.2) is 0 Å². The molecule has 0 atom stereocenters. The van der Waals surface area contributed by atoms with Gasteiger partial charge in [-0.3, -0.25) is 0 Å². The highest BCUT2D eigenvalue weighted by Gasteiger charge is 2.09. The lowest BCUT2D eigenvalue weighted by Gasteiger charge is -2.11. The van der Waals surface area contributed by atoms with Gasteiger partial charge in [0.25, 0.3) is 0 Å². The van der Waals surface area contributed by atoms with Crippen molar-refractivity contribution in [1.29, 1.82) is 0 Å². The largest absolute Gasteiger partial charge is 0.487 e. The van der Waals surface area contributed by atoms with Crippen molar-refractivity contribution < 1.29 is 9.94 Å². The monoisotopic (exact) mass is 417 g/mol. The third kappa shape index (κ3) is 3.98. The van der Waals surface area contributed by atoms with E-state index in [1.54, 1.807) is 0 Å². The highest BCUT2D eigenvalue weighted by atomic mass is 79.9. The summed E-state index contributed by atoms with van der Waals surface area (Å²) >= 11 is 12.7. The number of hydrogen-bond acceptors (Lipinski definition) is 3. The van der Waals surface area contributed by atoms with Gasteiger partial charge in [0.1, 0.15) is 12.4 Å². The zero-order valence-electron chi connectivity index (χ0n) is 10.2. The summed E-state index contributed by atoms with van der Waals surface area (Å²) in [5, 5.41) is 12.4. The van der Waals surface area contributed by atoms with Gasteiger partial charge in [0.2, 0.25) is 0 Å². The van der Waals surface area contributed by atoms with Crippen LogP contribution in [0, 0.1) is 0 Å². The summed E-state index contributed by atoms with van der Waals surface area (Å²) in [6, 6.07) is 11.1. The molecule has 3 nitrogen and oxygen atoms in total. The molecule has 6 heteroatoms. The Balaban J connectivity index is 2.22. The first kappa shape index (κ1) is 15.4. The van der Waals surface area contributed by atoms with Crippen LogP contribution in [0.3, 0.4) is 0 Å². The molecule has 0 aliphatic rings. The molecule has 2 aromatic rings. The summed E-state index contributed by atoms with van der Waals surface area (Å²) in [6.07, 6.45) is 1.33. The van der Waals surface area contributed by atoms with Crippen LogP contribution in [0.5, 0.6) is 5.75 Å². The van der Waals surface area contributed by atoms with Crippen LogP contribution in [0.25, 0.3) is 0 Å². The van der Waals surface area contributed by atoms with Gasteiger partial charge in [-0.2, -0.15) is 0 Å². The Labute approximate surface area is 138 Å². The highest BCUT2D eigenvalue weighted by molar-refractivity contribution is 9.11. The number of halogens is 3. The summed E-state index contributed by atoms with van der Waals surface area (Å²) < 4.78 is 7.42. The fourth-order valence-electron chi connectivity index (χ4n) is 1.63. The summed E-state index contributed by atoms with van der Waals surface area (Å²) in [7, 11) is 0. The van der Waals surface area contributed by atoms with E-state index in [-0.39, 0.29) is 0 Å². The Morgan fingerprint density at radius 3 is 2.55 bits per heavy atom. The molecule has 0 spiro atoms. The van der Waals surface area contributed by atoms with Crippen molar-refractivity contribution in [3.63, 3.8) is 0 Å². The zero-order chi connectivity index (χ0) is 14.5. The van der Waals surface area contributed by atoms with Gasteiger partial charge in [-0.05, 0) is 45.8 Å². The predicted molar refractivity (Wildman–Crippen MR) is 87.0 cm³/mol. The molecular weight excluding hydrogens is 409 g/mol. The molecule has 104 valence electrons. The average Bonchev–Trinajstić information content (AvgIpc) is 2.40. The summed E-state index contributed by atoms with van der Waals surface area (Å²) in [5.41, 5.74) is 1.67. The van der Waals surface area contributed by atoms with Crippen molar-refractivity contribution in [2.24, 2.45) is 5.16 Å². The van der Waals surface area contributed by atoms with Crippen LogP contribution in [-0.4, -0.2) is 11.4 Å². The van der Waals surface area contributed by atoms with Gasteiger partial charge < -0.3 is 9.94 Å². The minimum Gasteiger partial charge on any atom is -0.487 e. The summed E-state index contributed by atoms with van der Waals surface area (Å²) in [6.45, 7) is 0.393. The van der Waals surface area contributed by atoms with Crippen LogP contribution in [-0.2, 0) is 6.61 Å². The normalized spacial score (nSPS) is 10.9. The molecule has 0 saturated carbocycles. The Morgan fingerprint density at radius 2 is 1.90 bits per heavy atom. The van der Waals surface area contributed by atoms with E-state index in [9.17, 15) is 0 Å². The van der Waals surface area contributed by atoms with Crippen LogP contribution >= 0.6 is 43.5 Å². The van der Waals surface area contributed by atoms with Crippen molar-refractivity contribution in [2.75, 3.05) is 0 Å². The van der Waals surface area contributed by atoms with Gasteiger partial charge in [-0.1, -0.05) is 44.8 Å². The maximum atomic E-state index is 8.71. The standard InChI is InChI=1S/C14H10Br2ClNO2/c15-11-5-10(7-18-19)14(13(16)6-11)20-8-9-1-3-12(17)4-2-9/h1-7,19H,8H2/b18-7-. The molecule has 0 bridgehead atoms. The summed E-state index contributed by atoms with van der Waals surface area (Å²) in [5.74, 6) is 0.612. The second kappa shape index (κ2) is 7.11. The second-order valence-corrected chi connectivity index (χ2v) is 6.17. The van der Waals surface area contributed by atoms with E-state index in [1.807, 2.05) is 36.4 Å². The molecule has 0 radical (unpaired) electrons. The SMILES string of the molecule is O/N=C\c1cc(Br)cc(Br)c1OCc1ccc(Cl)cc1. The minimum atomic E-state index is 0.393. The fraction of sp³-hybridized carbons (Fsp3) is 0.0714. The molecule has 0 aliphatic heterocycles. The number of nitrogens with zero attached hydrogens (tertiary/aromatic N) is 1. The number of benzene rings is 2. The maximum Gasteiger partial charge on any atom is 0.142 e. The molecule has 0 heterocycles. The minimum absolute atomic E-state index is 0.393. The molecule has 2 aromatic carbocycles. The van der Waals surface area contributed by atoms with Crippen molar-refractivity contribution >= 4 is 49.7 Å². The Hall–Kier alpha value is -1.04. The lowest BCUT2D eigenvalue weighted by molar-refractivity contribution is 0.302. The molecule has 0 aromatic heterocycles. The van der Waals surface area contributed by atoms with E-state index in [2.05, 4.69) is 37.0 Å². The highest BCUT2D eigenvalue weighted by Crippen LogP contribution is 2.32. The molecule has 2 rings (SSSR count). The van der Waals surface area contributed by atoms with E-state index in [1.165, 1.54) is 6.21 Å². The Bertz CT molecular complexity index is 630. The van der Waals surface area contributed by atoms with Crippen LogP contribution in [0.1, 0.15) is 11.1 Å². The third-order valence-electron chi connectivity index (χ3n) is 2.53. The molecule has 0 saturated heterocycles. The van der Waals surface area contributed by atoms with Crippen molar-refractivity contribution in [3.8, 4) is 5.75 Å². The third-order valence-corrected chi connectivity index (χ3v) is 3.83. The molecular formula is C14H10Br2ClNO2. The molecule has 0 aliphatic carbocycles. The van der Waals surface area contributed by atoms with E-state index in [4.69, 9.17) is 21.5 Å². The molecule has 20 heavy (non-hydrogen) atoms. The molecule has 0 amide bonds. The van der Waals surface area contributed by atoms with Gasteiger partial charge in [0, 0.05) is 15.1 Å². The Morgan fingerprint density at radius 1 is 1.20 bits per heavy atom. The van der Waals surface area contributed by atoms with Crippen molar-refractivity contribution in [1.82, 2.24) is 0 Å². The van der Waals surface area contributed by atoms with Crippen LogP contribution in [0.2, 0.25) is 5.02 Å². The van der Waals surface area contributed by atoms with Gasteiger partial charge in [0.15, 0.2) is 0 Å². The first-order chi connectivity index (χ1) is 9.60. The van der Waals surface area contributed by atoms with Gasteiger partial charge in [0.05, 0.1) is 10.7 Å². The number of ether oxygens (including phenoxy) is 1. The fourth-order valence-corrected chi connectivity index (χ4v) is 3.13.